The minimum absolute atomic E-state index is 0.0565. The number of ether oxygens (including phenoxy) is 2. The van der Waals surface area contributed by atoms with Gasteiger partial charge in [0.25, 0.3) is 16.1 Å². The highest BCUT2D eigenvalue weighted by molar-refractivity contribution is 7.90. The summed E-state index contributed by atoms with van der Waals surface area (Å²) < 4.78 is 34.0. The van der Waals surface area contributed by atoms with Gasteiger partial charge in [-0.05, 0) is 18.2 Å². The number of carbonyl (C=O) groups excluding carboxylic acids is 1. The highest BCUT2D eigenvalue weighted by atomic mass is 32.2. The number of amides is 1. The van der Waals surface area contributed by atoms with E-state index in [0.29, 0.717) is 18.9 Å². The molecule has 1 aromatic carbocycles. The Bertz CT molecular complexity index is 641. The molecule has 1 aromatic rings. The van der Waals surface area contributed by atoms with Gasteiger partial charge >= 0.3 is 0 Å². The quantitative estimate of drug-likeness (QED) is 0.730. The molecule has 8 nitrogen and oxygen atoms in total. The molecule has 0 bridgehead atoms. The van der Waals surface area contributed by atoms with Crippen molar-refractivity contribution < 1.29 is 22.7 Å². The maximum absolute atomic E-state index is 11.8. The summed E-state index contributed by atoms with van der Waals surface area (Å²) >= 11 is 0. The molecule has 4 N–H and O–H groups in total. The number of rotatable bonds is 4. The van der Waals surface area contributed by atoms with Gasteiger partial charge in [0.2, 0.25) is 5.76 Å². The van der Waals surface area contributed by atoms with E-state index in [2.05, 4.69) is 10.0 Å². The van der Waals surface area contributed by atoms with Crippen molar-refractivity contribution in [3.05, 3.63) is 36.3 Å². The fraction of sp³-hybridized carbons (Fsp3) is 0.182. The third kappa shape index (κ3) is 4.14. The second kappa shape index (κ2) is 5.80. The predicted molar refractivity (Wildman–Crippen MR) is 71.8 cm³/mol. The zero-order chi connectivity index (χ0) is 14.6. The number of nitrogens with one attached hydrogen (secondary N) is 2. The van der Waals surface area contributed by atoms with Gasteiger partial charge in [-0.1, -0.05) is 6.07 Å². The van der Waals surface area contributed by atoms with Gasteiger partial charge < -0.3 is 14.8 Å². The van der Waals surface area contributed by atoms with Gasteiger partial charge in [0.05, 0.1) is 5.69 Å². The summed E-state index contributed by atoms with van der Waals surface area (Å²) in [6.45, 7) is 0.691. The summed E-state index contributed by atoms with van der Waals surface area (Å²) in [6.07, 6.45) is 1.23. The summed E-state index contributed by atoms with van der Waals surface area (Å²) in [5, 5.41) is 7.41. The maximum Gasteiger partial charge on any atom is 0.296 e. The Morgan fingerprint density at radius 3 is 2.65 bits per heavy atom. The summed E-state index contributed by atoms with van der Waals surface area (Å²) in [6, 6.07) is 6.08. The van der Waals surface area contributed by atoms with Crippen LogP contribution in [0.15, 0.2) is 36.3 Å². The van der Waals surface area contributed by atoms with Gasteiger partial charge in [-0.15, -0.1) is 0 Å². The van der Waals surface area contributed by atoms with E-state index in [1.807, 2.05) is 0 Å². The van der Waals surface area contributed by atoms with Crippen molar-refractivity contribution in [3.63, 3.8) is 0 Å². The van der Waals surface area contributed by atoms with Crippen LogP contribution in [0.2, 0.25) is 0 Å². The summed E-state index contributed by atoms with van der Waals surface area (Å²) in [4.78, 5) is 11.8. The first-order valence-corrected chi connectivity index (χ1v) is 7.15. The number of benzene rings is 1. The molecule has 9 heteroatoms. The number of anilines is 2. The van der Waals surface area contributed by atoms with E-state index in [9.17, 15) is 13.2 Å². The zero-order valence-corrected chi connectivity index (χ0v) is 11.1. The second-order valence-electron chi connectivity index (χ2n) is 3.88. The molecule has 0 saturated heterocycles. The third-order valence-corrected chi connectivity index (χ3v) is 2.77. The van der Waals surface area contributed by atoms with E-state index in [4.69, 9.17) is 14.6 Å². The normalized spacial score (nSPS) is 14.6. The van der Waals surface area contributed by atoms with Gasteiger partial charge in [0.15, 0.2) is 0 Å². The molecule has 0 radical (unpaired) electrons. The standard InChI is InChI=1S/C11H13N3O5S/c12-20(16,17)14-9-3-1-2-8(6-9)13-11(15)10-7-18-4-5-19-10/h1-3,6-7,14H,4-5H2,(H,13,15)(H2,12,16,17). The lowest BCUT2D eigenvalue weighted by Gasteiger charge is -2.15. The molecule has 2 rings (SSSR count). The van der Waals surface area contributed by atoms with Crippen LogP contribution in [0.3, 0.4) is 0 Å². The Morgan fingerprint density at radius 1 is 1.25 bits per heavy atom. The minimum atomic E-state index is -3.86. The van der Waals surface area contributed by atoms with Crippen molar-refractivity contribution >= 4 is 27.5 Å². The van der Waals surface area contributed by atoms with Crippen molar-refractivity contribution in [3.8, 4) is 0 Å². The van der Waals surface area contributed by atoms with Crippen LogP contribution in [0.5, 0.6) is 0 Å². The molecule has 0 saturated carbocycles. The Kier molecular flexibility index (Phi) is 4.11. The Balaban J connectivity index is 2.08. The fourth-order valence-corrected chi connectivity index (χ4v) is 1.96. The van der Waals surface area contributed by atoms with Crippen molar-refractivity contribution in [2.75, 3.05) is 23.3 Å². The molecule has 1 aliphatic rings. The van der Waals surface area contributed by atoms with E-state index in [1.54, 1.807) is 12.1 Å². The molecule has 0 aliphatic carbocycles. The fourth-order valence-electron chi connectivity index (χ4n) is 1.50. The zero-order valence-electron chi connectivity index (χ0n) is 10.3. The van der Waals surface area contributed by atoms with Gasteiger partial charge in [-0.2, -0.15) is 8.42 Å². The smallest absolute Gasteiger partial charge is 0.296 e. The van der Waals surface area contributed by atoms with Crippen LogP contribution >= 0.6 is 0 Å². The third-order valence-electron chi connectivity index (χ3n) is 2.25. The van der Waals surface area contributed by atoms with Crippen LogP contribution in [0.4, 0.5) is 11.4 Å². The lowest BCUT2D eigenvalue weighted by atomic mass is 10.3. The first-order valence-electron chi connectivity index (χ1n) is 5.60. The van der Waals surface area contributed by atoms with Crippen molar-refractivity contribution in [2.24, 2.45) is 5.14 Å². The van der Waals surface area contributed by atoms with Crippen LogP contribution in [0.1, 0.15) is 0 Å². The Hall–Kier alpha value is -2.26. The molecule has 1 amide bonds. The highest BCUT2D eigenvalue weighted by Gasteiger charge is 2.15. The van der Waals surface area contributed by atoms with E-state index < -0.39 is 16.1 Å². The Morgan fingerprint density at radius 2 is 2.00 bits per heavy atom. The maximum atomic E-state index is 11.8. The predicted octanol–water partition coefficient (Wildman–Crippen LogP) is 0.129. The van der Waals surface area contributed by atoms with Crippen LogP contribution in [0.25, 0.3) is 0 Å². The molecule has 1 heterocycles. The molecule has 0 fully saturated rings. The number of carbonyl (C=O) groups is 1. The molecule has 108 valence electrons. The molecule has 0 spiro atoms. The summed E-state index contributed by atoms with van der Waals surface area (Å²) in [7, 11) is -3.86. The SMILES string of the molecule is NS(=O)(=O)Nc1cccc(NC(=O)C2=COCCO2)c1. The molecule has 0 unspecified atom stereocenters. The van der Waals surface area contributed by atoms with Crippen molar-refractivity contribution in [2.45, 2.75) is 0 Å². The van der Waals surface area contributed by atoms with Crippen LogP contribution < -0.4 is 15.2 Å². The lowest BCUT2D eigenvalue weighted by Crippen LogP contribution is -2.22. The first-order chi connectivity index (χ1) is 9.44. The van der Waals surface area contributed by atoms with Gasteiger partial charge in [0.1, 0.15) is 19.5 Å². The molecule has 1 aliphatic heterocycles. The number of nitrogens with two attached hydrogens (primary N) is 1. The number of hydrogen-bond donors (Lipinski definition) is 3. The first kappa shape index (κ1) is 14.2. The van der Waals surface area contributed by atoms with Gasteiger partial charge in [0, 0.05) is 5.69 Å². The van der Waals surface area contributed by atoms with E-state index in [0.717, 1.165) is 0 Å². The molecule has 0 aromatic heterocycles. The molecular formula is C11H13N3O5S. The molecular weight excluding hydrogens is 286 g/mol. The number of hydrogen-bond acceptors (Lipinski definition) is 5. The average Bonchev–Trinajstić information content (AvgIpc) is 2.38. The van der Waals surface area contributed by atoms with E-state index in [1.165, 1.54) is 18.4 Å². The largest absolute Gasteiger partial charge is 0.494 e. The highest BCUT2D eigenvalue weighted by Crippen LogP contribution is 2.17. The van der Waals surface area contributed by atoms with E-state index >= 15 is 0 Å². The monoisotopic (exact) mass is 299 g/mol. The van der Waals surface area contributed by atoms with Crippen molar-refractivity contribution in [1.82, 2.24) is 0 Å². The van der Waals surface area contributed by atoms with E-state index in [-0.39, 0.29) is 11.4 Å². The molecule has 0 atom stereocenters. The minimum Gasteiger partial charge on any atom is -0.494 e. The summed E-state index contributed by atoms with van der Waals surface area (Å²) in [5.41, 5.74) is 0.624. The van der Waals surface area contributed by atoms with Crippen LogP contribution in [0, 0.1) is 0 Å². The summed E-state index contributed by atoms with van der Waals surface area (Å²) in [5.74, 6) is -0.432. The average molecular weight is 299 g/mol. The van der Waals surface area contributed by atoms with Gasteiger partial charge in [-0.3, -0.25) is 9.52 Å². The van der Waals surface area contributed by atoms with Gasteiger partial charge in [-0.25, -0.2) is 5.14 Å². The topological polar surface area (TPSA) is 120 Å². The van der Waals surface area contributed by atoms with Crippen LogP contribution in [-0.2, 0) is 24.5 Å². The molecule has 20 heavy (non-hydrogen) atoms. The van der Waals surface area contributed by atoms with Crippen LogP contribution in [-0.4, -0.2) is 27.5 Å². The van der Waals surface area contributed by atoms with Crippen molar-refractivity contribution in [1.29, 1.82) is 0 Å². The lowest BCUT2D eigenvalue weighted by molar-refractivity contribution is -0.117. The Labute approximate surface area is 115 Å². The second-order valence-corrected chi connectivity index (χ2v) is 5.18.